The van der Waals surface area contributed by atoms with Crippen LogP contribution in [-0.4, -0.2) is 19.3 Å². The minimum atomic E-state index is -1.47. The maximum atomic E-state index is 13.4. The van der Waals surface area contributed by atoms with E-state index < -0.39 is 17.5 Å². The van der Waals surface area contributed by atoms with Gasteiger partial charge in [-0.2, -0.15) is 0 Å². The lowest BCUT2D eigenvalue weighted by Crippen LogP contribution is -2.35. The van der Waals surface area contributed by atoms with Gasteiger partial charge < -0.3 is 14.8 Å². The third kappa shape index (κ3) is 5.50. The summed E-state index contributed by atoms with van der Waals surface area (Å²) in [7, 11) is 0. The fourth-order valence-corrected chi connectivity index (χ4v) is 2.92. The Morgan fingerprint density at radius 2 is 1.78 bits per heavy atom. The summed E-state index contributed by atoms with van der Waals surface area (Å²) < 4.78 is 51.0. The van der Waals surface area contributed by atoms with Crippen LogP contribution in [0.2, 0.25) is 0 Å². The van der Waals surface area contributed by atoms with Gasteiger partial charge in [0.1, 0.15) is 12.9 Å². The second kappa shape index (κ2) is 9.46. The molecule has 1 N–H and O–H groups in total. The minimum Gasteiger partial charge on any atom is -0.497 e. The maximum Gasteiger partial charge on any atom is 0.194 e. The second-order valence-electron chi connectivity index (χ2n) is 6.49. The van der Waals surface area contributed by atoms with Crippen LogP contribution in [0.25, 0.3) is 5.70 Å². The predicted octanol–water partition coefficient (Wildman–Crippen LogP) is 4.78. The molecule has 1 atom stereocenters. The van der Waals surface area contributed by atoms with Crippen molar-refractivity contribution in [3.8, 4) is 0 Å². The number of benzene rings is 2. The van der Waals surface area contributed by atoms with Crippen LogP contribution in [0.4, 0.5) is 13.2 Å². The molecule has 1 heterocycles. The van der Waals surface area contributed by atoms with Gasteiger partial charge in [0.2, 0.25) is 0 Å². The lowest BCUT2D eigenvalue weighted by atomic mass is 10.1. The SMILES string of the molecule is Fc1cc(C2=COC[C@H](CCCCOCc3ccccc3)N2)cc(F)c1F. The lowest BCUT2D eigenvalue weighted by molar-refractivity contribution is 0.115. The molecule has 0 radical (unpaired) electrons. The van der Waals surface area contributed by atoms with Gasteiger partial charge in [-0.15, -0.1) is 0 Å². The molecule has 144 valence electrons. The van der Waals surface area contributed by atoms with Crippen molar-refractivity contribution in [1.29, 1.82) is 0 Å². The fraction of sp³-hybridized carbons (Fsp3) is 0.333. The van der Waals surface area contributed by atoms with Crippen molar-refractivity contribution in [2.45, 2.75) is 31.9 Å². The summed E-state index contributed by atoms with van der Waals surface area (Å²) in [5.41, 5.74) is 1.82. The van der Waals surface area contributed by atoms with Crippen LogP contribution in [-0.2, 0) is 16.1 Å². The molecule has 0 unspecified atom stereocenters. The molecule has 1 aliphatic rings. The number of rotatable bonds is 8. The zero-order valence-corrected chi connectivity index (χ0v) is 14.9. The van der Waals surface area contributed by atoms with Gasteiger partial charge in [-0.25, -0.2) is 13.2 Å². The Kier molecular flexibility index (Phi) is 6.76. The van der Waals surface area contributed by atoms with Gasteiger partial charge in [0.05, 0.1) is 18.3 Å². The van der Waals surface area contributed by atoms with E-state index in [1.165, 1.54) is 6.26 Å². The van der Waals surface area contributed by atoms with Crippen LogP contribution >= 0.6 is 0 Å². The molecule has 0 fully saturated rings. The molecule has 3 rings (SSSR count). The van der Waals surface area contributed by atoms with Crippen molar-refractivity contribution in [2.24, 2.45) is 0 Å². The van der Waals surface area contributed by atoms with Crippen molar-refractivity contribution < 1.29 is 22.6 Å². The summed E-state index contributed by atoms with van der Waals surface area (Å²) in [5.74, 6) is -3.90. The molecule has 0 saturated carbocycles. The largest absolute Gasteiger partial charge is 0.497 e. The summed E-state index contributed by atoms with van der Waals surface area (Å²) in [6.07, 6.45) is 4.07. The van der Waals surface area contributed by atoms with E-state index in [0.29, 0.717) is 25.5 Å². The smallest absolute Gasteiger partial charge is 0.194 e. The highest BCUT2D eigenvalue weighted by Gasteiger charge is 2.19. The first-order chi connectivity index (χ1) is 13.1. The molecular weight excluding hydrogens is 355 g/mol. The Bertz CT molecular complexity index is 757. The van der Waals surface area contributed by atoms with Crippen LogP contribution < -0.4 is 5.32 Å². The van der Waals surface area contributed by atoms with E-state index >= 15 is 0 Å². The number of halogens is 3. The van der Waals surface area contributed by atoms with Crippen molar-refractivity contribution in [3.05, 3.63) is 77.3 Å². The second-order valence-corrected chi connectivity index (χ2v) is 6.49. The van der Waals surface area contributed by atoms with Gasteiger partial charge in [0.15, 0.2) is 17.5 Å². The molecule has 1 aliphatic heterocycles. The molecule has 2 aromatic rings. The highest BCUT2D eigenvalue weighted by molar-refractivity contribution is 5.64. The minimum absolute atomic E-state index is 0.0234. The van der Waals surface area contributed by atoms with Crippen molar-refractivity contribution >= 4 is 5.70 Å². The number of hydrogen-bond acceptors (Lipinski definition) is 3. The molecule has 0 bridgehead atoms. The number of unbranched alkanes of at least 4 members (excludes halogenated alkanes) is 1. The molecule has 3 nitrogen and oxygen atoms in total. The molecule has 0 spiro atoms. The van der Waals surface area contributed by atoms with Crippen LogP contribution in [0.15, 0.2) is 48.7 Å². The first-order valence-electron chi connectivity index (χ1n) is 8.98. The average Bonchev–Trinajstić information content (AvgIpc) is 2.69. The first kappa shape index (κ1) is 19.3. The quantitative estimate of drug-likeness (QED) is 0.531. The molecule has 0 amide bonds. The van der Waals surface area contributed by atoms with E-state index in [9.17, 15) is 13.2 Å². The topological polar surface area (TPSA) is 30.5 Å². The third-order valence-corrected chi connectivity index (χ3v) is 4.36. The van der Waals surface area contributed by atoms with Gasteiger partial charge in [-0.3, -0.25) is 0 Å². The molecule has 6 heteroatoms. The number of nitrogens with one attached hydrogen (secondary N) is 1. The summed E-state index contributed by atoms with van der Waals surface area (Å²) in [5, 5.41) is 3.20. The Balaban J connectivity index is 1.40. The van der Waals surface area contributed by atoms with Gasteiger partial charge in [-0.05, 0) is 37.0 Å². The van der Waals surface area contributed by atoms with Gasteiger partial charge in [-0.1, -0.05) is 30.3 Å². The van der Waals surface area contributed by atoms with E-state index in [4.69, 9.17) is 9.47 Å². The average molecular weight is 377 g/mol. The molecule has 27 heavy (non-hydrogen) atoms. The zero-order chi connectivity index (χ0) is 19.1. The highest BCUT2D eigenvalue weighted by Crippen LogP contribution is 2.22. The van der Waals surface area contributed by atoms with Crippen LogP contribution in [0.3, 0.4) is 0 Å². The maximum absolute atomic E-state index is 13.4. The zero-order valence-electron chi connectivity index (χ0n) is 14.9. The van der Waals surface area contributed by atoms with E-state index in [1.807, 2.05) is 30.3 Å². The fourth-order valence-electron chi connectivity index (χ4n) is 2.92. The van der Waals surface area contributed by atoms with E-state index in [0.717, 1.165) is 37.0 Å². The van der Waals surface area contributed by atoms with Gasteiger partial charge >= 0.3 is 0 Å². The summed E-state index contributed by atoms with van der Waals surface area (Å²) in [6, 6.07) is 11.9. The Hall–Kier alpha value is -2.47. The van der Waals surface area contributed by atoms with Crippen LogP contribution in [0, 0.1) is 17.5 Å². The van der Waals surface area contributed by atoms with Gasteiger partial charge in [0.25, 0.3) is 0 Å². The predicted molar refractivity (Wildman–Crippen MR) is 97.1 cm³/mol. The molecule has 0 aliphatic carbocycles. The first-order valence-corrected chi connectivity index (χ1v) is 8.98. The number of hydrogen-bond donors (Lipinski definition) is 1. The third-order valence-electron chi connectivity index (χ3n) is 4.36. The molecule has 0 saturated heterocycles. The summed E-state index contributed by atoms with van der Waals surface area (Å²) in [4.78, 5) is 0. The molecule has 0 aromatic heterocycles. The number of ether oxygens (including phenoxy) is 2. The lowest BCUT2D eigenvalue weighted by Gasteiger charge is -2.26. The molecular formula is C21H22F3NO2. The van der Waals surface area contributed by atoms with Crippen LogP contribution in [0.5, 0.6) is 0 Å². The Labute approximate surface area is 156 Å². The van der Waals surface area contributed by atoms with E-state index in [2.05, 4.69) is 5.32 Å². The van der Waals surface area contributed by atoms with Crippen molar-refractivity contribution in [2.75, 3.05) is 13.2 Å². The Morgan fingerprint density at radius 3 is 2.52 bits per heavy atom. The standard InChI is InChI=1S/C21H22F3NO2/c22-18-10-16(11-19(23)21(18)24)20-14-27-13-17(25-20)8-4-5-9-26-12-15-6-2-1-3-7-15/h1-3,6-7,10-11,14,17,25H,4-5,8-9,12-13H2/t17-/m0/s1. The van der Waals surface area contributed by atoms with Crippen LogP contribution in [0.1, 0.15) is 30.4 Å². The Morgan fingerprint density at radius 1 is 1.04 bits per heavy atom. The summed E-state index contributed by atoms with van der Waals surface area (Å²) >= 11 is 0. The van der Waals surface area contributed by atoms with Crippen molar-refractivity contribution in [3.63, 3.8) is 0 Å². The van der Waals surface area contributed by atoms with Crippen molar-refractivity contribution in [1.82, 2.24) is 5.32 Å². The molecule has 2 aromatic carbocycles. The van der Waals surface area contributed by atoms with E-state index in [1.54, 1.807) is 0 Å². The van der Waals surface area contributed by atoms with E-state index in [-0.39, 0.29) is 11.6 Å². The van der Waals surface area contributed by atoms with Gasteiger partial charge in [0, 0.05) is 12.2 Å². The highest BCUT2D eigenvalue weighted by atomic mass is 19.2. The summed E-state index contributed by atoms with van der Waals surface area (Å²) in [6.45, 7) is 1.74. The monoisotopic (exact) mass is 377 g/mol. The normalized spacial score (nSPS) is 16.4.